The molecule has 39 heavy (non-hydrogen) atoms. The van der Waals surface area contributed by atoms with Crippen LogP contribution in [0.4, 0.5) is 0 Å². The molecule has 1 aromatic heterocycles. The monoisotopic (exact) mass is 605 g/mol. The maximum absolute atomic E-state index is 14.1. The second kappa shape index (κ2) is 10.8. The zero-order valence-electron chi connectivity index (χ0n) is 22.1. The summed E-state index contributed by atoms with van der Waals surface area (Å²) in [6.45, 7) is 6.74. The molecular weight excluding hydrogens is 578 g/mol. The predicted molar refractivity (Wildman–Crippen MR) is 158 cm³/mol. The van der Waals surface area contributed by atoms with Gasteiger partial charge in [0.2, 0.25) is 0 Å². The maximum Gasteiger partial charge on any atom is 0.271 e. The van der Waals surface area contributed by atoms with Crippen LogP contribution in [0.15, 0.2) is 80.1 Å². The number of benzene rings is 3. The van der Waals surface area contributed by atoms with Crippen LogP contribution in [0.3, 0.4) is 0 Å². The van der Waals surface area contributed by atoms with Crippen molar-refractivity contribution in [3.05, 3.63) is 101 Å². The molecule has 1 aliphatic rings. The largest absolute Gasteiger partial charge is 0.507 e. The zero-order valence-corrected chi connectivity index (χ0v) is 24.5. The molecule has 1 N–H and O–H groups in total. The van der Waals surface area contributed by atoms with E-state index in [1.807, 2.05) is 57.2 Å². The number of fused-ring (bicyclic) bond motifs is 2. The van der Waals surface area contributed by atoms with Crippen LogP contribution in [-0.4, -0.2) is 40.7 Å². The van der Waals surface area contributed by atoms with Gasteiger partial charge >= 0.3 is 0 Å². The topological polar surface area (TPSA) is 84.1 Å². The van der Waals surface area contributed by atoms with Gasteiger partial charge in [-0.05, 0) is 61.9 Å². The van der Waals surface area contributed by atoms with Crippen molar-refractivity contribution < 1.29 is 14.6 Å². The molecule has 0 bridgehead atoms. The lowest BCUT2D eigenvalue weighted by Gasteiger charge is -2.30. The predicted octanol–water partition coefficient (Wildman–Crippen LogP) is 4.73. The van der Waals surface area contributed by atoms with Gasteiger partial charge in [-0.15, -0.1) is 0 Å². The highest BCUT2D eigenvalue weighted by Gasteiger charge is 2.36. The number of hydrogen-bond donors (Lipinski definition) is 1. The van der Waals surface area contributed by atoms with Crippen LogP contribution in [0.1, 0.15) is 37.9 Å². The molecule has 0 radical (unpaired) electrons. The van der Waals surface area contributed by atoms with Crippen molar-refractivity contribution in [3.8, 4) is 11.5 Å². The van der Waals surface area contributed by atoms with Crippen molar-refractivity contribution in [1.82, 2.24) is 9.47 Å². The first-order chi connectivity index (χ1) is 18.8. The lowest BCUT2D eigenvalue weighted by Crippen LogP contribution is -2.43. The Hall–Kier alpha value is -3.69. The number of allylic oxidation sites excluding steroid dienone is 1. The summed E-state index contributed by atoms with van der Waals surface area (Å²) in [5.74, 6) is 0.475. The number of carbonyl (C=O) groups is 1. The van der Waals surface area contributed by atoms with Crippen molar-refractivity contribution in [1.29, 1.82) is 0 Å². The Kier molecular flexibility index (Phi) is 7.46. The van der Waals surface area contributed by atoms with E-state index >= 15 is 0 Å². The molecule has 200 valence electrons. The van der Waals surface area contributed by atoms with E-state index in [0.29, 0.717) is 45.0 Å². The summed E-state index contributed by atoms with van der Waals surface area (Å²) in [4.78, 5) is 35.1. The summed E-state index contributed by atoms with van der Waals surface area (Å²) in [7, 11) is 1.59. The zero-order chi connectivity index (χ0) is 27.8. The smallest absolute Gasteiger partial charge is 0.271 e. The summed E-state index contributed by atoms with van der Waals surface area (Å²) in [5.41, 5.74) is 1.94. The van der Waals surface area contributed by atoms with Gasteiger partial charge in [0.05, 0.1) is 22.9 Å². The van der Waals surface area contributed by atoms with E-state index in [0.717, 1.165) is 20.8 Å². The van der Waals surface area contributed by atoms with Gasteiger partial charge in [-0.1, -0.05) is 57.6 Å². The van der Waals surface area contributed by atoms with Crippen molar-refractivity contribution >= 4 is 50.0 Å². The molecule has 3 aromatic carbocycles. The molecule has 5 rings (SSSR count). The summed E-state index contributed by atoms with van der Waals surface area (Å²) in [6.07, 6.45) is 1.66. The van der Waals surface area contributed by atoms with Crippen LogP contribution in [0.5, 0.6) is 11.5 Å². The maximum atomic E-state index is 14.1. The number of methoxy groups -OCH3 is 1. The second-order valence-electron chi connectivity index (χ2n) is 9.17. The van der Waals surface area contributed by atoms with Crippen molar-refractivity contribution in [2.75, 3.05) is 20.2 Å². The Bertz CT molecular complexity index is 1820. The number of halogens is 1. The molecular formula is C30H28BrN3O4S. The van der Waals surface area contributed by atoms with Crippen molar-refractivity contribution in [2.24, 2.45) is 4.99 Å². The molecule has 2 heterocycles. The van der Waals surface area contributed by atoms with Gasteiger partial charge in [0.25, 0.3) is 11.5 Å². The third-order valence-corrected chi connectivity index (χ3v) is 8.48. The van der Waals surface area contributed by atoms with Crippen LogP contribution >= 0.6 is 27.3 Å². The highest BCUT2D eigenvalue weighted by molar-refractivity contribution is 9.10. The number of rotatable bonds is 6. The van der Waals surface area contributed by atoms with Gasteiger partial charge < -0.3 is 14.7 Å². The lowest BCUT2D eigenvalue weighted by molar-refractivity contribution is -0.127. The minimum absolute atomic E-state index is 0.0601. The molecule has 9 heteroatoms. The number of aromatic nitrogens is 1. The number of likely N-dealkylation sites (N-methyl/N-ethyl adjacent to an activating group) is 1. The third kappa shape index (κ3) is 4.70. The third-order valence-electron chi connectivity index (χ3n) is 7.00. The molecule has 7 nitrogen and oxygen atoms in total. The van der Waals surface area contributed by atoms with Crippen LogP contribution in [0.25, 0.3) is 16.8 Å². The highest BCUT2D eigenvalue weighted by Crippen LogP contribution is 2.40. The second-order valence-corrected chi connectivity index (χ2v) is 11.1. The Morgan fingerprint density at radius 2 is 1.92 bits per heavy atom. The Balaban J connectivity index is 1.87. The van der Waals surface area contributed by atoms with Crippen LogP contribution < -0.4 is 19.6 Å². The van der Waals surface area contributed by atoms with Crippen LogP contribution in [0, 0.1) is 0 Å². The normalized spacial score (nSPS) is 15.3. The molecule has 0 saturated heterocycles. The quantitative estimate of drug-likeness (QED) is 0.344. The van der Waals surface area contributed by atoms with E-state index < -0.39 is 6.04 Å². The number of hydrogen-bond acceptors (Lipinski definition) is 6. The fourth-order valence-electron chi connectivity index (χ4n) is 5.07. The fraction of sp³-hybridized carbons (Fsp3) is 0.233. The number of amides is 1. The molecule has 0 fully saturated rings. The van der Waals surface area contributed by atoms with Crippen molar-refractivity contribution in [3.63, 3.8) is 0 Å². The van der Waals surface area contributed by atoms with Crippen LogP contribution in [0.2, 0.25) is 0 Å². The average molecular weight is 607 g/mol. The van der Waals surface area contributed by atoms with E-state index in [4.69, 9.17) is 9.73 Å². The first-order valence-electron chi connectivity index (χ1n) is 12.6. The first kappa shape index (κ1) is 26.9. The van der Waals surface area contributed by atoms with Gasteiger partial charge in [0, 0.05) is 28.7 Å². The van der Waals surface area contributed by atoms with Crippen LogP contribution in [-0.2, 0) is 4.79 Å². The number of carbonyl (C=O) groups excluding carboxylic acids is 1. The Morgan fingerprint density at radius 1 is 1.18 bits per heavy atom. The lowest BCUT2D eigenvalue weighted by atomic mass is 9.90. The van der Waals surface area contributed by atoms with E-state index in [2.05, 4.69) is 15.9 Å². The minimum atomic E-state index is -0.756. The molecule has 0 aliphatic carbocycles. The number of phenolic OH excluding ortho intramolecular Hbond substituents is 1. The minimum Gasteiger partial charge on any atom is -0.507 e. The number of aromatic hydroxyl groups is 1. The van der Waals surface area contributed by atoms with Gasteiger partial charge in [0.1, 0.15) is 17.5 Å². The molecule has 0 unspecified atom stereocenters. The molecule has 0 spiro atoms. The average Bonchev–Trinajstić information content (AvgIpc) is 3.24. The van der Waals surface area contributed by atoms with Crippen molar-refractivity contribution in [2.45, 2.75) is 26.8 Å². The number of ether oxygens (including phenoxy) is 1. The standard InChI is InChI=1S/C30H28BrN3O4S/c1-5-33(6-2)29(37)25-17(3)32-30-34(28(36)24(39-30)16-19-15-20(31)12-13-22(19)35)27(25)26-21-10-8-7-9-18(21)11-14-23(26)38-4/h7-16,27,35H,5-6H2,1-4H3/b24-16+/t27-/m1/s1. The molecule has 0 saturated carbocycles. The SMILES string of the molecule is CCN(CC)C(=O)C1=C(C)N=c2s/c(=C/c3cc(Br)ccc3O)c(=O)n2[C@H]1c1c(OC)ccc2ccccc12. The number of phenols is 1. The summed E-state index contributed by atoms with van der Waals surface area (Å²) < 4.78 is 8.61. The van der Waals surface area contributed by atoms with Gasteiger partial charge in [-0.2, -0.15) is 0 Å². The van der Waals surface area contributed by atoms with Gasteiger partial charge in [0.15, 0.2) is 4.80 Å². The summed E-state index contributed by atoms with van der Waals surface area (Å²) in [6, 6.07) is 16.0. The summed E-state index contributed by atoms with van der Waals surface area (Å²) in [5, 5.41) is 12.3. The van der Waals surface area contributed by atoms with E-state index in [9.17, 15) is 14.7 Å². The van der Waals surface area contributed by atoms with Gasteiger partial charge in [-0.25, -0.2) is 4.99 Å². The molecule has 1 atom stereocenters. The molecule has 4 aromatic rings. The molecule has 1 amide bonds. The first-order valence-corrected chi connectivity index (χ1v) is 14.3. The number of nitrogens with zero attached hydrogens (tertiary/aromatic N) is 3. The number of thiazole rings is 1. The highest BCUT2D eigenvalue weighted by atomic mass is 79.9. The Morgan fingerprint density at radius 3 is 2.64 bits per heavy atom. The summed E-state index contributed by atoms with van der Waals surface area (Å²) >= 11 is 4.66. The van der Waals surface area contributed by atoms with E-state index in [-0.39, 0.29) is 17.2 Å². The molecule has 1 aliphatic heterocycles. The van der Waals surface area contributed by atoms with E-state index in [1.54, 1.807) is 40.9 Å². The Labute approximate surface area is 238 Å². The van der Waals surface area contributed by atoms with Gasteiger partial charge in [-0.3, -0.25) is 14.2 Å². The fourth-order valence-corrected chi connectivity index (χ4v) is 6.48. The van der Waals surface area contributed by atoms with E-state index in [1.165, 1.54) is 11.3 Å².